The van der Waals surface area contributed by atoms with Crippen molar-refractivity contribution in [3.05, 3.63) is 41.5 Å². The molecule has 28 heavy (non-hydrogen) atoms. The van der Waals surface area contributed by atoms with Crippen molar-refractivity contribution in [2.75, 3.05) is 11.4 Å². The van der Waals surface area contributed by atoms with Gasteiger partial charge in [0.25, 0.3) is 5.91 Å². The van der Waals surface area contributed by atoms with Crippen LogP contribution in [0.1, 0.15) is 55.3 Å². The van der Waals surface area contributed by atoms with Gasteiger partial charge in [-0.2, -0.15) is 4.98 Å². The molecule has 2 aromatic rings. The van der Waals surface area contributed by atoms with Crippen LogP contribution in [0.25, 0.3) is 0 Å². The van der Waals surface area contributed by atoms with Crippen molar-refractivity contribution >= 4 is 23.5 Å². The van der Waals surface area contributed by atoms with Crippen LogP contribution in [-0.2, 0) is 11.2 Å². The lowest BCUT2D eigenvalue weighted by molar-refractivity contribution is -0.120. The minimum atomic E-state index is -0.542. The van der Waals surface area contributed by atoms with E-state index in [1.807, 2.05) is 0 Å². The highest BCUT2D eigenvalue weighted by atomic mass is 16.5. The number of para-hydroxylation sites is 1. The zero-order valence-electron chi connectivity index (χ0n) is 16.1. The number of carbonyl (C=O) groups excluding carboxylic acids is 3. The molecule has 0 aliphatic carbocycles. The zero-order valence-corrected chi connectivity index (χ0v) is 16.1. The van der Waals surface area contributed by atoms with Crippen LogP contribution in [0.2, 0.25) is 0 Å². The lowest BCUT2D eigenvalue weighted by Crippen LogP contribution is -2.50. The number of nitrogens with zero attached hydrogens (tertiary/aromatic N) is 3. The molecule has 148 valence electrons. The molecule has 1 aromatic carbocycles. The molecule has 1 saturated heterocycles. The number of anilines is 1. The second-order valence-electron chi connectivity index (χ2n) is 7.11. The number of hydrogen-bond acceptors (Lipinski definition) is 6. The number of rotatable bonds is 6. The molecule has 9 heteroatoms. The molecule has 0 saturated carbocycles. The minimum absolute atomic E-state index is 0.179. The molecule has 3 rings (SSSR count). The Morgan fingerprint density at radius 1 is 1.29 bits per heavy atom. The molecular formula is C19H23N5O4. The van der Waals surface area contributed by atoms with Gasteiger partial charge in [0.15, 0.2) is 5.82 Å². The van der Waals surface area contributed by atoms with Crippen LogP contribution in [0.3, 0.4) is 0 Å². The fourth-order valence-electron chi connectivity index (χ4n) is 2.92. The van der Waals surface area contributed by atoms with E-state index in [-0.39, 0.29) is 24.8 Å². The number of nitrogens with one attached hydrogen (secondary N) is 2. The summed E-state index contributed by atoms with van der Waals surface area (Å²) in [4.78, 5) is 42.1. The maximum Gasteiger partial charge on any atom is 0.328 e. The highest BCUT2D eigenvalue weighted by Gasteiger charge is 2.28. The van der Waals surface area contributed by atoms with Crippen LogP contribution in [0.15, 0.2) is 28.8 Å². The van der Waals surface area contributed by atoms with Gasteiger partial charge in [-0.05, 0) is 25.0 Å². The Labute approximate surface area is 162 Å². The first-order valence-corrected chi connectivity index (χ1v) is 9.19. The Balaban J connectivity index is 1.75. The van der Waals surface area contributed by atoms with E-state index in [9.17, 15) is 14.4 Å². The standard InChI is InChI=1S/C19H23N5O4/c1-11(2)10-15-21-18(28-23-15)12(3)20-17(26)13-6-4-5-7-14(13)24-9-8-16(25)22-19(24)27/h4-7,11-12H,8-10H2,1-3H3,(H,20,26)(H,22,25,27). The van der Waals surface area contributed by atoms with E-state index in [1.165, 1.54) is 4.90 Å². The first kappa shape index (κ1) is 19.5. The number of imide groups is 1. The van der Waals surface area contributed by atoms with Gasteiger partial charge in [-0.3, -0.25) is 19.8 Å². The average Bonchev–Trinajstić information content (AvgIpc) is 3.09. The molecule has 4 amide bonds. The molecule has 9 nitrogen and oxygen atoms in total. The molecule has 0 radical (unpaired) electrons. The Bertz CT molecular complexity index is 892. The number of aromatic nitrogens is 2. The monoisotopic (exact) mass is 385 g/mol. The van der Waals surface area contributed by atoms with Crippen LogP contribution in [-0.4, -0.2) is 34.5 Å². The van der Waals surface area contributed by atoms with Crippen molar-refractivity contribution in [1.29, 1.82) is 0 Å². The molecule has 1 aliphatic heterocycles. The summed E-state index contributed by atoms with van der Waals surface area (Å²) in [5.41, 5.74) is 0.754. The van der Waals surface area contributed by atoms with Crippen molar-refractivity contribution in [2.24, 2.45) is 5.92 Å². The van der Waals surface area contributed by atoms with E-state index < -0.39 is 12.1 Å². The van der Waals surface area contributed by atoms with E-state index in [2.05, 4.69) is 34.6 Å². The van der Waals surface area contributed by atoms with Gasteiger partial charge in [0.2, 0.25) is 11.8 Å². The zero-order chi connectivity index (χ0) is 20.3. The van der Waals surface area contributed by atoms with Crippen molar-refractivity contribution in [2.45, 2.75) is 39.7 Å². The SMILES string of the molecule is CC(C)Cc1noc(C(C)NC(=O)c2ccccc2N2CCC(=O)NC2=O)n1. The Morgan fingerprint density at radius 3 is 2.75 bits per heavy atom. The molecule has 2 N–H and O–H groups in total. The number of benzene rings is 1. The first-order chi connectivity index (χ1) is 13.3. The number of urea groups is 1. The van der Waals surface area contributed by atoms with E-state index >= 15 is 0 Å². The third-order valence-corrected chi connectivity index (χ3v) is 4.29. The lowest BCUT2D eigenvalue weighted by atomic mass is 10.1. The van der Waals surface area contributed by atoms with E-state index in [4.69, 9.17) is 4.52 Å². The van der Waals surface area contributed by atoms with Crippen LogP contribution in [0.5, 0.6) is 0 Å². The Hall–Kier alpha value is -3.23. The predicted octanol–water partition coefficient (Wildman–Crippen LogP) is 2.21. The molecule has 1 fully saturated rings. The van der Waals surface area contributed by atoms with Crippen molar-refractivity contribution < 1.29 is 18.9 Å². The minimum Gasteiger partial charge on any atom is -0.340 e. The van der Waals surface area contributed by atoms with Gasteiger partial charge in [0.1, 0.15) is 6.04 Å². The number of amides is 4. The lowest BCUT2D eigenvalue weighted by Gasteiger charge is -2.28. The highest BCUT2D eigenvalue weighted by Crippen LogP contribution is 2.23. The number of hydrogen-bond donors (Lipinski definition) is 2. The highest BCUT2D eigenvalue weighted by molar-refractivity contribution is 6.09. The summed E-state index contributed by atoms with van der Waals surface area (Å²) >= 11 is 0. The Kier molecular flexibility index (Phi) is 5.72. The smallest absolute Gasteiger partial charge is 0.328 e. The van der Waals surface area contributed by atoms with Gasteiger partial charge >= 0.3 is 6.03 Å². The Morgan fingerprint density at radius 2 is 2.04 bits per heavy atom. The summed E-state index contributed by atoms with van der Waals surface area (Å²) in [5, 5.41) is 9.02. The van der Waals surface area contributed by atoms with E-state index in [0.29, 0.717) is 35.3 Å². The van der Waals surface area contributed by atoms with Gasteiger partial charge in [-0.25, -0.2) is 4.79 Å². The van der Waals surface area contributed by atoms with Crippen molar-refractivity contribution in [3.63, 3.8) is 0 Å². The largest absolute Gasteiger partial charge is 0.340 e. The third-order valence-electron chi connectivity index (χ3n) is 4.29. The molecule has 1 unspecified atom stereocenters. The van der Waals surface area contributed by atoms with Crippen LogP contribution < -0.4 is 15.5 Å². The quantitative estimate of drug-likeness (QED) is 0.787. The molecule has 1 aliphatic rings. The van der Waals surface area contributed by atoms with Crippen molar-refractivity contribution in [3.8, 4) is 0 Å². The molecule has 1 atom stereocenters. The second-order valence-corrected chi connectivity index (χ2v) is 7.11. The topological polar surface area (TPSA) is 117 Å². The predicted molar refractivity (Wildman–Crippen MR) is 101 cm³/mol. The van der Waals surface area contributed by atoms with E-state index in [1.54, 1.807) is 31.2 Å². The van der Waals surface area contributed by atoms with Gasteiger partial charge in [0, 0.05) is 19.4 Å². The first-order valence-electron chi connectivity index (χ1n) is 9.19. The third kappa shape index (κ3) is 4.36. The maximum absolute atomic E-state index is 12.8. The fourth-order valence-corrected chi connectivity index (χ4v) is 2.92. The van der Waals surface area contributed by atoms with Crippen LogP contribution >= 0.6 is 0 Å². The van der Waals surface area contributed by atoms with E-state index in [0.717, 1.165) is 0 Å². The molecule has 1 aromatic heterocycles. The summed E-state index contributed by atoms with van der Waals surface area (Å²) in [6.45, 7) is 6.08. The second kappa shape index (κ2) is 8.20. The summed E-state index contributed by atoms with van der Waals surface area (Å²) in [7, 11) is 0. The number of carbonyl (C=O) groups is 3. The van der Waals surface area contributed by atoms with Crippen molar-refractivity contribution in [1.82, 2.24) is 20.8 Å². The molecule has 0 bridgehead atoms. The molecular weight excluding hydrogens is 362 g/mol. The average molecular weight is 385 g/mol. The summed E-state index contributed by atoms with van der Waals surface area (Å²) in [6.07, 6.45) is 0.870. The normalized spacial score (nSPS) is 15.5. The van der Waals surface area contributed by atoms with Gasteiger partial charge in [0.05, 0.1) is 11.3 Å². The van der Waals surface area contributed by atoms with Gasteiger partial charge in [-0.15, -0.1) is 0 Å². The summed E-state index contributed by atoms with van der Waals surface area (Å²) < 4.78 is 5.25. The fraction of sp³-hybridized carbons (Fsp3) is 0.421. The maximum atomic E-state index is 12.8. The molecule has 0 spiro atoms. The summed E-state index contributed by atoms with van der Waals surface area (Å²) in [6, 6.07) is 5.70. The van der Waals surface area contributed by atoms with Crippen LogP contribution in [0.4, 0.5) is 10.5 Å². The summed E-state index contributed by atoms with van der Waals surface area (Å²) in [5.74, 6) is 0.607. The van der Waals surface area contributed by atoms with Gasteiger partial charge in [-0.1, -0.05) is 31.1 Å². The van der Waals surface area contributed by atoms with Crippen LogP contribution in [0, 0.1) is 5.92 Å². The van der Waals surface area contributed by atoms with Gasteiger partial charge < -0.3 is 9.84 Å². The molecule has 2 heterocycles.